The molecule has 0 fully saturated rings. The molecule has 1 heterocycles. The molecule has 4 aromatic rings. The Hall–Kier alpha value is -3.16. The lowest BCUT2D eigenvalue weighted by Crippen LogP contribution is -1.81. The zero-order valence-electron chi connectivity index (χ0n) is 12.6. The van der Waals surface area contributed by atoms with Crippen LogP contribution in [0.25, 0.3) is 32.6 Å². The standard InChI is InChI=1S/C20H12N2OS/c21-12-16(20-22-18-3-1-2-4-19(18)24-20)10-13-5-6-15-11-17(23)8-7-14(15)9-13/h1-11,23H/b16-10+. The Morgan fingerprint density at radius 3 is 2.67 bits per heavy atom. The molecule has 4 heteroatoms. The SMILES string of the molecule is N#C/C(=C\c1ccc2cc(O)ccc2c1)c1nc2ccccc2s1. The molecule has 3 aromatic carbocycles. The van der Waals surface area contributed by atoms with Gasteiger partial charge in [0.2, 0.25) is 0 Å². The maximum atomic E-state index is 9.54. The number of rotatable bonds is 2. The predicted molar refractivity (Wildman–Crippen MR) is 98.7 cm³/mol. The lowest BCUT2D eigenvalue weighted by Gasteiger charge is -2.01. The summed E-state index contributed by atoms with van der Waals surface area (Å²) in [5.41, 5.74) is 2.39. The van der Waals surface area contributed by atoms with Gasteiger partial charge in [-0.25, -0.2) is 4.98 Å². The summed E-state index contributed by atoms with van der Waals surface area (Å²) < 4.78 is 1.07. The zero-order chi connectivity index (χ0) is 16.5. The molecule has 0 aliphatic rings. The minimum Gasteiger partial charge on any atom is -0.508 e. The van der Waals surface area contributed by atoms with Crippen molar-refractivity contribution in [3.05, 3.63) is 71.2 Å². The molecule has 1 N–H and O–H groups in total. The number of phenolic OH excluding ortho intramolecular Hbond substituents is 1. The van der Waals surface area contributed by atoms with Gasteiger partial charge in [-0.3, -0.25) is 0 Å². The van der Waals surface area contributed by atoms with Crippen LogP contribution in [-0.2, 0) is 0 Å². The Morgan fingerprint density at radius 2 is 1.83 bits per heavy atom. The third-order valence-corrected chi connectivity index (χ3v) is 4.87. The molecule has 0 aliphatic carbocycles. The van der Waals surface area contributed by atoms with E-state index in [-0.39, 0.29) is 5.75 Å². The van der Waals surface area contributed by atoms with Crippen LogP contribution in [0.2, 0.25) is 0 Å². The molecule has 0 saturated heterocycles. The first-order chi connectivity index (χ1) is 11.7. The van der Waals surface area contributed by atoms with E-state index in [1.54, 1.807) is 12.1 Å². The normalized spacial score (nSPS) is 11.7. The second-order valence-corrected chi connectivity index (χ2v) is 6.48. The molecule has 0 unspecified atom stereocenters. The summed E-state index contributed by atoms with van der Waals surface area (Å²) in [4.78, 5) is 4.55. The summed E-state index contributed by atoms with van der Waals surface area (Å²) in [6, 6.07) is 21.3. The second-order valence-electron chi connectivity index (χ2n) is 5.45. The molecule has 0 atom stereocenters. The molecular weight excluding hydrogens is 316 g/mol. The van der Waals surface area contributed by atoms with Crippen molar-refractivity contribution in [2.75, 3.05) is 0 Å². The van der Waals surface area contributed by atoms with E-state index in [1.807, 2.05) is 54.6 Å². The maximum Gasteiger partial charge on any atom is 0.135 e. The molecule has 0 aliphatic heterocycles. The number of benzene rings is 3. The van der Waals surface area contributed by atoms with Gasteiger partial charge in [0.15, 0.2) is 0 Å². The maximum absolute atomic E-state index is 9.54. The van der Waals surface area contributed by atoms with Crippen LogP contribution < -0.4 is 0 Å². The van der Waals surface area contributed by atoms with Gasteiger partial charge in [-0.1, -0.05) is 30.3 Å². The van der Waals surface area contributed by atoms with Gasteiger partial charge in [-0.05, 0) is 52.7 Å². The minimum absolute atomic E-state index is 0.248. The average Bonchev–Trinajstić information content (AvgIpc) is 3.03. The number of thiazole rings is 1. The molecule has 0 spiro atoms. The van der Waals surface area contributed by atoms with Crippen molar-refractivity contribution in [3.8, 4) is 11.8 Å². The van der Waals surface area contributed by atoms with Crippen LogP contribution in [0, 0.1) is 11.3 Å². The summed E-state index contributed by atoms with van der Waals surface area (Å²) in [5.74, 6) is 0.248. The number of hydrogen-bond acceptors (Lipinski definition) is 4. The summed E-state index contributed by atoms with van der Waals surface area (Å²) in [5, 5.41) is 21.8. The van der Waals surface area contributed by atoms with E-state index in [1.165, 1.54) is 11.3 Å². The number of aromatic nitrogens is 1. The van der Waals surface area contributed by atoms with Gasteiger partial charge in [0.05, 0.1) is 15.8 Å². The largest absolute Gasteiger partial charge is 0.508 e. The fraction of sp³-hybridized carbons (Fsp3) is 0. The Morgan fingerprint density at radius 1 is 1.04 bits per heavy atom. The highest BCUT2D eigenvalue weighted by Gasteiger charge is 2.08. The summed E-state index contributed by atoms with van der Waals surface area (Å²) >= 11 is 1.52. The highest BCUT2D eigenvalue weighted by atomic mass is 32.1. The van der Waals surface area contributed by atoms with Gasteiger partial charge >= 0.3 is 0 Å². The van der Waals surface area contributed by atoms with Crippen molar-refractivity contribution in [2.45, 2.75) is 0 Å². The van der Waals surface area contributed by atoms with E-state index >= 15 is 0 Å². The van der Waals surface area contributed by atoms with Crippen LogP contribution in [0.15, 0.2) is 60.7 Å². The van der Waals surface area contributed by atoms with Crippen molar-refractivity contribution < 1.29 is 5.11 Å². The number of phenols is 1. The highest BCUT2D eigenvalue weighted by Crippen LogP contribution is 2.29. The van der Waals surface area contributed by atoms with Crippen LogP contribution >= 0.6 is 11.3 Å². The topological polar surface area (TPSA) is 56.9 Å². The van der Waals surface area contributed by atoms with Gasteiger partial charge in [-0.2, -0.15) is 5.26 Å². The van der Waals surface area contributed by atoms with E-state index < -0.39 is 0 Å². The number of nitrogens with zero attached hydrogens (tertiary/aromatic N) is 2. The average molecular weight is 328 g/mol. The number of aromatic hydroxyl groups is 1. The van der Waals surface area contributed by atoms with Crippen LogP contribution in [-0.4, -0.2) is 10.1 Å². The van der Waals surface area contributed by atoms with Crippen LogP contribution in [0.3, 0.4) is 0 Å². The lowest BCUT2D eigenvalue weighted by atomic mass is 10.1. The van der Waals surface area contributed by atoms with E-state index in [2.05, 4.69) is 11.1 Å². The molecule has 4 rings (SSSR count). The molecule has 0 bridgehead atoms. The monoisotopic (exact) mass is 328 g/mol. The lowest BCUT2D eigenvalue weighted by molar-refractivity contribution is 0.476. The Bertz CT molecular complexity index is 1100. The van der Waals surface area contributed by atoms with E-state index in [9.17, 15) is 10.4 Å². The second kappa shape index (κ2) is 5.80. The first kappa shape index (κ1) is 14.4. The van der Waals surface area contributed by atoms with E-state index in [0.29, 0.717) is 5.57 Å². The van der Waals surface area contributed by atoms with Crippen molar-refractivity contribution in [1.29, 1.82) is 5.26 Å². The predicted octanol–water partition coefficient (Wildman–Crippen LogP) is 5.22. The highest BCUT2D eigenvalue weighted by molar-refractivity contribution is 7.19. The van der Waals surface area contributed by atoms with Crippen LogP contribution in [0.1, 0.15) is 10.6 Å². The minimum atomic E-state index is 0.248. The van der Waals surface area contributed by atoms with E-state index in [4.69, 9.17) is 0 Å². The smallest absolute Gasteiger partial charge is 0.135 e. The summed E-state index contributed by atoms with van der Waals surface area (Å²) in [7, 11) is 0. The van der Waals surface area contributed by atoms with Gasteiger partial charge < -0.3 is 5.11 Å². The number of fused-ring (bicyclic) bond motifs is 2. The number of allylic oxidation sites excluding steroid dienone is 1. The molecule has 114 valence electrons. The number of hydrogen-bond donors (Lipinski definition) is 1. The van der Waals surface area contributed by atoms with Gasteiger partial charge in [-0.15, -0.1) is 11.3 Å². The molecular formula is C20H12N2OS. The van der Waals surface area contributed by atoms with Crippen LogP contribution in [0.5, 0.6) is 5.75 Å². The Labute approximate surface area is 142 Å². The zero-order valence-corrected chi connectivity index (χ0v) is 13.4. The summed E-state index contributed by atoms with van der Waals surface area (Å²) in [6.07, 6.45) is 1.85. The molecule has 24 heavy (non-hydrogen) atoms. The Kier molecular flexibility index (Phi) is 3.49. The van der Waals surface area contributed by atoms with Gasteiger partial charge in [0, 0.05) is 0 Å². The quantitative estimate of drug-likeness (QED) is 0.513. The van der Waals surface area contributed by atoms with Gasteiger partial charge in [0.1, 0.15) is 16.8 Å². The fourth-order valence-electron chi connectivity index (χ4n) is 2.64. The molecule has 3 nitrogen and oxygen atoms in total. The first-order valence-electron chi connectivity index (χ1n) is 7.43. The van der Waals surface area contributed by atoms with Crippen molar-refractivity contribution in [2.24, 2.45) is 0 Å². The van der Waals surface area contributed by atoms with Gasteiger partial charge in [0.25, 0.3) is 0 Å². The van der Waals surface area contributed by atoms with Crippen molar-refractivity contribution in [3.63, 3.8) is 0 Å². The number of para-hydroxylation sites is 1. The van der Waals surface area contributed by atoms with Crippen molar-refractivity contribution >= 4 is 44.0 Å². The molecule has 0 amide bonds. The van der Waals surface area contributed by atoms with Crippen molar-refractivity contribution in [1.82, 2.24) is 4.98 Å². The Balaban J connectivity index is 1.79. The first-order valence-corrected chi connectivity index (χ1v) is 8.25. The molecule has 1 aromatic heterocycles. The van der Waals surface area contributed by atoms with E-state index in [0.717, 1.165) is 31.6 Å². The fourth-order valence-corrected chi connectivity index (χ4v) is 3.57. The summed E-state index contributed by atoms with van der Waals surface area (Å²) in [6.45, 7) is 0. The molecule has 0 saturated carbocycles. The number of nitriles is 1. The third-order valence-electron chi connectivity index (χ3n) is 3.80. The third kappa shape index (κ3) is 2.62. The van der Waals surface area contributed by atoms with Crippen LogP contribution in [0.4, 0.5) is 0 Å². The molecule has 0 radical (unpaired) electrons.